The van der Waals surface area contributed by atoms with E-state index in [4.69, 9.17) is 27.7 Å². The minimum atomic E-state index is -0.125. The number of benzene rings is 2. The fraction of sp³-hybridized carbons (Fsp3) is 0.400. The van der Waals surface area contributed by atoms with Gasteiger partial charge in [-0.15, -0.1) is 0 Å². The first-order chi connectivity index (χ1) is 15.7. The summed E-state index contributed by atoms with van der Waals surface area (Å²) in [6.07, 6.45) is 1.76. The number of hydrogen-bond acceptors (Lipinski definition) is 5. The Morgan fingerprint density at radius 2 is 1.91 bits per heavy atom. The topological polar surface area (TPSA) is 71.3 Å². The van der Waals surface area contributed by atoms with Crippen molar-refractivity contribution in [1.82, 2.24) is 15.0 Å². The van der Waals surface area contributed by atoms with Crippen LogP contribution in [0.3, 0.4) is 0 Å². The van der Waals surface area contributed by atoms with Gasteiger partial charge in [-0.05, 0) is 48.6 Å². The summed E-state index contributed by atoms with van der Waals surface area (Å²) in [5.41, 5.74) is 2.92. The minimum absolute atomic E-state index is 0.0248. The highest BCUT2D eigenvalue weighted by atomic mass is 35.5. The largest absolute Gasteiger partial charge is 0.338 e. The van der Waals surface area contributed by atoms with Crippen molar-refractivity contribution in [2.45, 2.75) is 45.6 Å². The molecule has 1 atom stereocenters. The Bertz CT molecular complexity index is 1120. The second-order valence-corrected chi connectivity index (χ2v) is 10.3. The maximum atomic E-state index is 12.8. The Hall–Kier alpha value is -2.41. The standard InChI is InChI=1S/C25H28Cl2N4O2/c1-25(2,3)18-8-6-16(7-9-18)23-29-22(33-30-23)15-31-12-4-5-17(14-31)24(32)28-19-10-11-20(26)21(27)13-19/h6-11,13,17H,4-5,12,14-15H2,1-3H3,(H,28,32). The molecule has 1 aromatic heterocycles. The summed E-state index contributed by atoms with van der Waals surface area (Å²) >= 11 is 12.0. The summed E-state index contributed by atoms with van der Waals surface area (Å²) < 4.78 is 5.50. The third-order valence-electron chi connectivity index (χ3n) is 5.90. The van der Waals surface area contributed by atoms with Gasteiger partial charge in [-0.1, -0.05) is 73.4 Å². The molecule has 174 valence electrons. The highest BCUT2D eigenvalue weighted by molar-refractivity contribution is 6.42. The van der Waals surface area contributed by atoms with Crippen LogP contribution in [0.25, 0.3) is 11.4 Å². The van der Waals surface area contributed by atoms with Gasteiger partial charge in [0.15, 0.2) is 0 Å². The van der Waals surface area contributed by atoms with E-state index in [9.17, 15) is 4.79 Å². The molecule has 0 saturated carbocycles. The van der Waals surface area contributed by atoms with Gasteiger partial charge in [0.05, 0.1) is 22.5 Å². The predicted molar refractivity (Wildman–Crippen MR) is 132 cm³/mol. The molecule has 1 amide bonds. The quantitative estimate of drug-likeness (QED) is 0.465. The first-order valence-electron chi connectivity index (χ1n) is 11.1. The van der Waals surface area contributed by atoms with Crippen molar-refractivity contribution in [2.75, 3.05) is 18.4 Å². The number of rotatable bonds is 5. The number of carbonyl (C=O) groups is 1. The third-order valence-corrected chi connectivity index (χ3v) is 6.64. The molecule has 0 spiro atoms. The highest BCUT2D eigenvalue weighted by Crippen LogP contribution is 2.27. The Morgan fingerprint density at radius 3 is 2.61 bits per heavy atom. The van der Waals surface area contributed by atoms with Crippen molar-refractivity contribution in [3.05, 3.63) is 64.0 Å². The summed E-state index contributed by atoms with van der Waals surface area (Å²) in [7, 11) is 0. The van der Waals surface area contributed by atoms with E-state index in [0.29, 0.717) is 40.5 Å². The van der Waals surface area contributed by atoms with E-state index < -0.39 is 0 Å². The number of anilines is 1. The Morgan fingerprint density at radius 1 is 1.15 bits per heavy atom. The molecule has 2 heterocycles. The molecule has 3 aromatic rings. The molecule has 1 N–H and O–H groups in total. The zero-order valence-corrected chi connectivity index (χ0v) is 20.6. The van der Waals surface area contributed by atoms with Crippen molar-refractivity contribution in [3.63, 3.8) is 0 Å². The van der Waals surface area contributed by atoms with Crippen LogP contribution in [0.2, 0.25) is 10.0 Å². The number of carbonyl (C=O) groups excluding carboxylic acids is 1. The van der Waals surface area contributed by atoms with Crippen LogP contribution in [-0.2, 0) is 16.8 Å². The summed E-state index contributed by atoms with van der Waals surface area (Å²) in [5.74, 6) is 0.982. The van der Waals surface area contributed by atoms with Crippen LogP contribution < -0.4 is 5.32 Å². The van der Waals surface area contributed by atoms with Crippen molar-refractivity contribution in [3.8, 4) is 11.4 Å². The van der Waals surface area contributed by atoms with E-state index in [1.165, 1.54) is 5.56 Å². The minimum Gasteiger partial charge on any atom is -0.338 e. The molecule has 4 rings (SSSR count). The van der Waals surface area contributed by atoms with E-state index in [0.717, 1.165) is 24.9 Å². The first-order valence-corrected chi connectivity index (χ1v) is 11.9. The van der Waals surface area contributed by atoms with E-state index in [1.807, 2.05) is 12.1 Å². The van der Waals surface area contributed by atoms with Crippen LogP contribution in [0.4, 0.5) is 5.69 Å². The SMILES string of the molecule is CC(C)(C)c1ccc(-c2noc(CN3CCCC(C(=O)Nc4ccc(Cl)c(Cl)c4)C3)n2)cc1. The van der Waals surface area contributed by atoms with E-state index in [-0.39, 0.29) is 17.2 Å². The Labute approximate surface area is 204 Å². The Balaban J connectivity index is 1.36. The molecular weight excluding hydrogens is 459 g/mol. The lowest BCUT2D eigenvalue weighted by atomic mass is 9.87. The molecule has 6 nitrogen and oxygen atoms in total. The molecule has 8 heteroatoms. The van der Waals surface area contributed by atoms with E-state index in [2.05, 4.69) is 53.3 Å². The molecule has 33 heavy (non-hydrogen) atoms. The van der Waals surface area contributed by atoms with Crippen LogP contribution in [0, 0.1) is 5.92 Å². The fourth-order valence-corrected chi connectivity index (χ4v) is 4.28. The van der Waals surface area contributed by atoms with Crippen molar-refractivity contribution in [2.24, 2.45) is 5.92 Å². The molecule has 2 aromatic carbocycles. The molecule has 0 radical (unpaired) electrons. The monoisotopic (exact) mass is 486 g/mol. The lowest BCUT2D eigenvalue weighted by Gasteiger charge is -2.30. The smallest absolute Gasteiger partial charge is 0.241 e. The summed E-state index contributed by atoms with van der Waals surface area (Å²) in [5, 5.41) is 7.98. The lowest BCUT2D eigenvalue weighted by molar-refractivity contribution is -0.121. The van der Waals surface area contributed by atoms with Gasteiger partial charge in [-0.25, -0.2) is 0 Å². The molecule has 1 fully saturated rings. The van der Waals surface area contributed by atoms with E-state index in [1.54, 1.807) is 18.2 Å². The average molecular weight is 487 g/mol. The average Bonchev–Trinajstić information content (AvgIpc) is 3.24. The zero-order chi connectivity index (χ0) is 23.6. The van der Waals surface area contributed by atoms with E-state index >= 15 is 0 Å². The lowest BCUT2D eigenvalue weighted by Crippen LogP contribution is -2.40. The molecule has 1 aliphatic rings. The van der Waals surface area contributed by atoms with Crippen molar-refractivity contribution < 1.29 is 9.32 Å². The molecule has 1 aliphatic heterocycles. The van der Waals surface area contributed by atoms with Crippen molar-refractivity contribution in [1.29, 1.82) is 0 Å². The number of nitrogens with one attached hydrogen (secondary N) is 1. The molecule has 0 aliphatic carbocycles. The zero-order valence-electron chi connectivity index (χ0n) is 19.1. The van der Waals surface area contributed by atoms with Crippen LogP contribution in [0.15, 0.2) is 47.0 Å². The van der Waals surface area contributed by atoms with Crippen LogP contribution in [-0.4, -0.2) is 34.0 Å². The Kier molecular flexibility index (Phi) is 7.07. The van der Waals surface area contributed by atoms with Gasteiger partial charge in [-0.2, -0.15) is 4.98 Å². The van der Waals surface area contributed by atoms with Gasteiger partial charge in [0, 0.05) is 17.8 Å². The van der Waals surface area contributed by atoms with Gasteiger partial charge >= 0.3 is 0 Å². The fourth-order valence-electron chi connectivity index (χ4n) is 3.98. The number of piperidine rings is 1. The normalized spacial score (nSPS) is 17.2. The number of hydrogen-bond donors (Lipinski definition) is 1. The van der Waals surface area contributed by atoms with Gasteiger partial charge in [0.1, 0.15) is 0 Å². The summed E-state index contributed by atoms with van der Waals surface area (Å²) in [6.45, 7) is 8.59. The number of amides is 1. The van der Waals surface area contributed by atoms with Gasteiger partial charge in [0.2, 0.25) is 17.6 Å². The predicted octanol–water partition coefficient (Wildman–Crippen LogP) is 6.19. The van der Waals surface area contributed by atoms with Gasteiger partial charge < -0.3 is 9.84 Å². The third kappa shape index (κ3) is 5.94. The van der Waals surface area contributed by atoms with Crippen LogP contribution in [0.5, 0.6) is 0 Å². The molecule has 1 saturated heterocycles. The van der Waals surface area contributed by atoms with Crippen LogP contribution in [0.1, 0.15) is 45.1 Å². The summed E-state index contributed by atoms with van der Waals surface area (Å²) in [4.78, 5) is 19.5. The second-order valence-electron chi connectivity index (χ2n) is 9.53. The number of likely N-dealkylation sites (tertiary alicyclic amines) is 1. The van der Waals surface area contributed by atoms with Gasteiger partial charge in [0.25, 0.3) is 0 Å². The highest BCUT2D eigenvalue weighted by Gasteiger charge is 2.27. The molecule has 0 bridgehead atoms. The summed E-state index contributed by atoms with van der Waals surface area (Å²) in [6, 6.07) is 13.4. The molecular formula is C25H28Cl2N4O2. The first kappa shape index (κ1) is 23.7. The maximum absolute atomic E-state index is 12.8. The molecule has 1 unspecified atom stereocenters. The maximum Gasteiger partial charge on any atom is 0.241 e. The number of aromatic nitrogens is 2. The van der Waals surface area contributed by atoms with Crippen molar-refractivity contribution >= 4 is 34.8 Å². The second kappa shape index (κ2) is 9.84. The number of nitrogens with zero attached hydrogens (tertiary/aromatic N) is 3. The number of halogens is 2. The van der Waals surface area contributed by atoms with Gasteiger partial charge in [-0.3, -0.25) is 9.69 Å². The van der Waals surface area contributed by atoms with Crippen LogP contribution >= 0.6 is 23.2 Å².